The highest BCUT2D eigenvalue weighted by Crippen LogP contribution is 2.24. The van der Waals surface area contributed by atoms with Crippen molar-refractivity contribution in [2.75, 3.05) is 18.0 Å². The molecule has 1 amide bonds. The van der Waals surface area contributed by atoms with Crippen LogP contribution in [-0.4, -0.2) is 35.2 Å². The predicted octanol–water partition coefficient (Wildman–Crippen LogP) is 3.89. The minimum atomic E-state index is -0.871. The summed E-state index contributed by atoms with van der Waals surface area (Å²) < 4.78 is 39.8. The van der Waals surface area contributed by atoms with Gasteiger partial charge in [-0.25, -0.2) is 13.2 Å². The van der Waals surface area contributed by atoms with Crippen LogP contribution in [0.2, 0.25) is 0 Å². The molecule has 2 heterocycles. The van der Waals surface area contributed by atoms with Gasteiger partial charge in [0.1, 0.15) is 17.5 Å². The quantitative estimate of drug-likeness (QED) is 0.699. The van der Waals surface area contributed by atoms with E-state index in [0.717, 1.165) is 29.2 Å². The van der Waals surface area contributed by atoms with Gasteiger partial charge in [0.2, 0.25) is 0 Å². The van der Waals surface area contributed by atoms with Gasteiger partial charge in [0, 0.05) is 31.3 Å². The van der Waals surface area contributed by atoms with E-state index >= 15 is 0 Å². The largest absolute Gasteiger partial charge is 0.355 e. The van der Waals surface area contributed by atoms with Crippen molar-refractivity contribution in [1.29, 1.82) is 0 Å². The fraction of sp³-hybridized carbons (Fsp3) is 0.238. The van der Waals surface area contributed by atoms with E-state index in [4.69, 9.17) is 0 Å². The van der Waals surface area contributed by atoms with Crippen LogP contribution in [0.3, 0.4) is 0 Å². The van der Waals surface area contributed by atoms with Crippen LogP contribution in [0.25, 0.3) is 11.3 Å². The average molecular weight is 400 g/mol. The number of benzene rings is 2. The second-order valence-corrected chi connectivity index (χ2v) is 7.01. The first kappa shape index (κ1) is 19.0. The Morgan fingerprint density at radius 3 is 2.38 bits per heavy atom. The first-order valence-corrected chi connectivity index (χ1v) is 9.32. The molecule has 29 heavy (non-hydrogen) atoms. The van der Waals surface area contributed by atoms with E-state index in [1.165, 1.54) is 12.1 Å². The van der Waals surface area contributed by atoms with E-state index in [9.17, 15) is 18.0 Å². The van der Waals surface area contributed by atoms with Crippen LogP contribution in [0.1, 0.15) is 23.2 Å². The Morgan fingerprint density at radius 2 is 1.69 bits per heavy atom. The van der Waals surface area contributed by atoms with E-state index in [-0.39, 0.29) is 17.4 Å². The molecule has 2 N–H and O–H groups in total. The molecule has 150 valence electrons. The van der Waals surface area contributed by atoms with Crippen molar-refractivity contribution in [1.82, 2.24) is 15.5 Å². The maximum absolute atomic E-state index is 13.8. The zero-order valence-corrected chi connectivity index (χ0v) is 15.5. The average Bonchev–Trinajstić information content (AvgIpc) is 3.19. The van der Waals surface area contributed by atoms with Crippen molar-refractivity contribution in [2.24, 2.45) is 0 Å². The van der Waals surface area contributed by atoms with Gasteiger partial charge in [-0.05, 0) is 54.8 Å². The fourth-order valence-electron chi connectivity index (χ4n) is 3.44. The highest BCUT2D eigenvalue weighted by atomic mass is 19.1. The first-order valence-electron chi connectivity index (χ1n) is 9.32. The molecule has 0 atom stereocenters. The summed E-state index contributed by atoms with van der Waals surface area (Å²) in [6.07, 6.45) is 1.35. The number of rotatable bonds is 4. The van der Waals surface area contributed by atoms with Crippen molar-refractivity contribution < 1.29 is 18.0 Å². The van der Waals surface area contributed by atoms with Crippen molar-refractivity contribution in [3.8, 4) is 11.3 Å². The summed E-state index contributed by atoms with van der Waals surface area (Å²) in [7, 11) is 0. The van der Waals surface area contributed by atoms with Crippen LogP contribution in [0.15, 0.2) is 48.5 Å². The van der Waals surface area contributed by atoms with Crippen LogP contribution in [-0.2, 0) is 0 Å². The Labute approximate surface area is 165 Å². The van der Waals surface area contributed by atoms with Crippen LogP contribution in [0, 0.1) is 17.5 Å². The number of amides is 1. The lowest BCUT2D eigenvalue weighted by atomic mass is 10.0. The van der Waals surface area contributed by atoms with Gasteiger partial charge in [0.15, 0.2) is 5.82 Å². The molecule has 5 nitrogen and oxygen atoms in total. The molecule has 1 fully saturated rings. The maximum atomic E-state index is 13.8. The number of piperidine rings is 1. The molecular formula is C21H19F3N4O. The van der Waals surface area contributed by atoms with Crippen LogP contribution in [0.5, 0.6) is 0 Å². The van der Waals surface area contributed by atoms with Crippen LogP contribution >= 0.6 is 0 Å². The number of aromatic amines is 1. The third-order valence-corrected chi connectivity index (χ3v) is 5.05. The Balaban J connectivity index is 1.35. The second-order valence-electron chi connectivity index (χ2n) is 7.01. The van der Waals surface area contributed by atoms with Gasteiger partial charge in [-0.3, -0.25) is 9.89 Å². The molecule has 8 heteroatoms. The summed E-state index contributed by atoms with van der Waals surface area (Å²) in [5.74, 6) is -1.65. The summed E-state index contributed by atoms with van der Waals surface area (Å²) in [6.45, 7) is 1.34. The minimum absolute atomic E-state index is 0.0984. The van der Waals surface area contributed by atoms with Gasteiger partial charge >= 0.3 is 0 Å². The molecule has 0 saturated carbocycles. The highest BCUT2D eigenvalue weighted by molar-refractivity contribution is 5.94. The zero-order chi connectivity index (χ0) is 20.4. The summed E-state index contributed by atoms with van der Waals surface area (Å²) in [4.78, 5) is 14.3. The van der Waals surface area contributed by atoms with E-state index < -0.39 is 17.5 Å². The summed E-state index contributed by atoms with van der Waals surface area (Å²) in [5, 5.41) is 10.1. The normalized spacial score (nSPS) is 14.8. The number of H-pyrrole nitrogens is 1. The topological polar surface area (TPSA) is 61.0 Å². The van der Waals surface area contributed by atoms with E-state index in [1.807, 2.05) is 6.07 Å². The van der Waals surface area contributed by atoms with Gasteiger partial charge in [-0.1, -0.05) is 0 Å². The standard InChI is InChI=1S/C21H19F3N4O/c22-14-3-1-13(2-4-14)19-12-20(27-26-19)28-9-7-16(8-10-28)25-21(29)17-6-5-15(23)11-18(17)24/h1-6,11-12,16H,7-10H2,(H,25,29)(H,26,27). The molecule has 2 aromatic carbocycles. The van der Waals surface area contributed by atoms with Gasteiger partial charge < -0.3 is 10.2 Å². The number of nitrogens with one attached hydrogen (secondary N) is 2. The smallest absolute Gasteiger partial charge is 0.254 e. The number of hydrogen-bond acceptors (Lipinski definition) is 3. The third-order valence-electron chi connectivity index (χ3n) is 5.05. The molecule has 1 aliphatic heterocycles. The second kappa shape index (κ2) is 7.98. The monoisotopic (exact) mass is 400 g/mol. The summed E-state index contributed by atoms with van der Waals surface area (Å²) in [5.41, 5.74) is 1.47. The minimum Gasteiger partial charge on any atom is -0.355 e. The molecule has 0 unspecified atom stereocenters. The lowest BCUT2D eigenvalue weighted by Gasteiger charge is -2.32. The lowest BCUT2D eigenvalue weighted by molar-refractivity contribution is 0.0927. The third kappa shape index (κ3) is 4.26. The molecule has 3 aromatic rings. The number of nitrogens with zero attached hydrogens (tertiary/aromatic N) is 2. The highest BCUT2D eigenvalue weighted by Gasteiger charge is 2.24. The Bertz CT molecular complexity index is 1010. The van der Waals surface area contributed by atoms with Gasteiger partial charge in [0.05, 0.1) is 11.3 Å². The van der Waals surface area contributed by atoms with Crippen molar-refractivity contribution in [2.45, 2.75) is 18.9 Å². The number of aromatic nitrogens is 2. The predicted molar refractivity (Wildman–Crippen MR) is 103 cm³/mol. The molecule has 0 radical (unpaired) electrons. The van der Waals surface area contributed by atoms with E-state index in [2.05, 4.69) is 20.4 Å². The molecule has 0 bridgehead atoms. The molecule has 4 rings (SSSR count). The van der Waals surface area contributed by atoms with E-state index in [1.54, 1.807) is 12.1 Å². The molecular weight excluding hydrogens is 381 g/mol. The van der Waals surface area contributed by atoms with Gasteiger partial charge in [0.25, 0.3) is 5.91 Å². The molecule has 1 saturated heterocycles. The molecule has 0 spiro atoms. The number of anilines is 1. The molecule has 1 aliphatic rings. The Hall–Kier alpha value is -3.29. The number of carbonyl (C=O) groups excluding carboxylic acids is 1. The van der Waals surface area contributed by atoms with Crippen molar-refractivity contribution >= 4 is 11.7 Å². The van der Waals surface area contributed by atoms with Gasteiger partial charge in [-0.2, -0.15) is 5.10 Å². The lowest BCUT2D eigenvalue weighted by Crippen LogP contribution is -2.45. The Morgan fingerprint density at radius 1 is 1.00 bits per heavy atom. The first-order chi connectivity index (χ1) is 14.0. The summed E-state index contributed by atoms with van der Waals surface area (Å²) in [6, 6.07) is 10.9. The van der Waals surface area contributed by atoms with E-state index in [0.29, 0.717) is 32.0 Å². The van der Waals surface area contributed by atoms with Crippen LogP contribution in [0.4, 0.5) is 19.0 Å². The van der Waals surface area contributed by atoms with Gasteiger partial charge in [-0.15, -0.1) is 0 Å². The summed E-state index contributed by atoms with van der Waals surface area (Å²) >= 11 is 0. The number of hydrogen-bond donors (Lipinski definition) is 2. The van der Waals surface area contributed by atoms with Crippen LogP contribution < -0.4 is 10.2 Å². The van der Waals surface area contributed by atoms with Crippen molar-refractivity contribution in [3.05, 3.63) is 71.5 Å². The maximum Gasteiger partial charge on any atom is 0.254 e. The molecule has 1 aromatic heterocycles. The molecule has 0 aliphatic carbocycles. The van der Waals surface area contributed by atoms with Crippen molar-refractivity contribution in [3.63, 3.8) is 0 Å². The fourth-order valence-corrected chi connectivity index (χ4v) is 3.44. The zero-order valence-electron chi connectivity index (χ0n) is 15.5. The Kier molecular flexibility index (Phi) is 5.24. The number of carbonyl (C=O) groups is 1. The number of halogens is 3. The SMILES string of the molecule is O=C(NC1CCN(c2cc(-c3ccc(F)cc3)[nH]n2)CC1)c1ccc(F)cc1F.